The molecule has 0 aromatic heterocycles. The van der Waals surface area contributed by atoms with Crippen LogP contribution in [0, 0.1) is 10.1 Å². The maximum atomic E-state index is 13.4. The second-order valence-corrected chi connectivity index (χ2v) is 7.51. The normalized spacial score (nSPS) is 11.3. The molecule has 0 spiro atoms. The highest BCUT2D eigenvalue weighted by atomic mass is 16.6. The third-order valence-electron chi connectivity index (χ3n) is 5.46. The molecule has 2 aromatic carbocycles. The van der Waals surface area contributed by atoms with Crippen molar-refractivity contribution in [3.8, 4) is 17.1 Å². The molecule has 9 heteroatoms. The van der Waals surface area contributed by atoms with E-state index in [2.05, 4.69) is 4.98 Å². The molecule has 0 saturated heterocycles. The molecule has 0 aliphatic carbocycles. The fourth-order valence-electron chi connectivity index (χ4n) is 3.94. The van der Waals surface area contributed by atoms with Gasteiger partial charge in [0.25, 0.3) is 11.2 Å². The van der Waals surface area contributed by atoms with Crippen LogP contribution in [0.3, 0.4) is 0 Å². The highest BCUT2D eigenvalue weighted by Crippen LogP contribution is 2.31. The Bertz CT molecular complexity index is 1360. The minimum atomic E-state index is -0.701. The van der Waals surface area contributed by atoms with E-state index < -0.39 is 16.2 Å². The van der Waals surface area contributed by atoms with Gasteiger partial charge in [-0.1, -0.05) is 37.1 Å². The fourth-order valence-corrected chi connectivity index (χ4v) is 3.94. The van der Waals surface area contributed by atoms with Crippen molar-refractivity contribution in [2.75, 3.05) is 6.61 Å². The van der Waals surface area contributed by atoms with Gasteiger partial charge in [-0.25, -0.2) is 9.36 Å². The molecule has 2 aliphatic heterocycles. The van der Waals surface area contributed by atoms with Crippen molar-refractivity contribution in [1.29, 1.82) is 0 Å². The van der Waals surface area contributed by atoms with Crippen LogP contribution in [0.1, 0.15) is 25.7 Å². The third-order valence-corrected chi connectivity index (χ3v) is 5.46. The van der Waals surface area contributed by atoms with Gasteiger partial charge in [0.1, 0.15) is 0 Å². The van der Waals surface area contributed by atoms with Crippen LogP contribution in [0.2, 0.25) is 0 Å². The molecule has 1 N–H and O–H groups in total. The van der Waals surface area contributed by atoms with Crippen molar-refractivity contribution < 1.29 is 10.0 Å². The van der Waals surface area contributed by atoms with E-state index in [0.29, 0.717) is 36.0 Å². The SMILES string of the molecule is O=c1nc2n(CCCCCCO)c3cccc([N+](=O)[O-])c3cc-2c(=O)n1-c1ccccc1. The lowest BCUT2D eigenvalue weighted by Gasteiger charge is -2.18. The molecule has 164 valence electrons. The third kappa shape index (κ3) is 3.90. The minimum absolute atomic E-state index is 0.115. The van der Waals surface area contributed by atoms with Crippen molar-refractivity contribution >= 4 is 16.6 Å². The van der Waals surface area contributed by atoms with E-state index in [4.69, 9.17) is 5.11 Å². The van der Waals surface area contributed by atoms with Crippen LogP contribution in [-0.4, -0.2) is 30.8 Å². The first-order chi connectivity index (χ1) is 15.5. The standard InChI is InChI=1S/C23H22N4O5/c28-14-7-2-1-6-13-25-19-11-8-12-20(27(31)32)17(19)15-18-21(25)24-23(30)26(22(18)29)16-9-4-3-5-10-16/h3-5,8-12,15,28H,1-2,6-7,13-14H2. The molecule has 0 bridgehead atoms. The number of rotatable bonds is 8. The summed E-state index contributed by atoms with van der Waals surface area (Å²) in [5.41, 5.74) is -0.318. The van der Waals surface area contributed by atoms with Gasteiger partial charge in [0.2, 0.25) is 0 Å². The summed E-state index contributed by atoms with van der Waals surface area (Å²) in [6.07, 6.45) is 3.06. The molecule has 0 atom stereocenters. The van der Waals surface area contributed by atoms with Gasteiger partial charge in [0.05, 0.1) is 27.1 Å². The number of para-hydroxylation sites is 1. The quantitative estimate of drug-likeness (QED) is 0.197. The van der Waals surface area contributed by atoms with Crippen molar-refractivity contribution in [3.05, 3.63) is 85.5 Å². The summed E-state index contributed by atoms with van der Waals surface area (Å²) >= 11 is 0. The van der Waals surface area contributed by atoms with Gasteiger partial charge in [-0.15, -0.1) is 0 Å². The van der Waals surface area contributed by atoms with Gasteiger partial charge in [-0.2, -0.15) is 4.98 Å². The molecule has 4 rings (SSSR count). The number of unbranched alkanes of at least 4 members (excludes halogenated alkanes) is 3. The van der Waals surface area contributed by atoms with Crippen molar-refractivity contribution in [2.24, 2.45) is 0 Å². The first-order valence-electron chi connectivity index (χ1n) is 10.4. The maximum Gasteiger partial charge on any atom is 0.357 e. The minimum Gasteiger partial charge on any atom is -0.396 e. The largest absolute Gasteiger partial charge is 0.396 e. The number of aryl methyl sites for hydroxylation is 1. The fraction of sp³-hybridized carbons (Fsp3) is 0.261. The molecule has 0 amide bonds. The molecule has 2 aromatic rings. The van der Waals surface area contributed by atoms with E-state index in [1.807, 2.05) is 0 Å². The monoisotopic (exact) mass is 434 g/mol. The average molecular weight is 434 g/mol. The Morgan fingerprint density at radius 3 is 2.44 bits per heavy atom. The van der Waals surface area contributed by atoms with Gasteiger partial charge in [-0.05, 0) is 37.1 Å². The summed E-state index contributed by atoms with van der Waals surface area (Å²) in [5.74, 6) is 0.210. The molecule has 0 unspecified atom stereocenters. The van der Waals surface area contributed by atoms with Crippen LogP contribution in [0.25, 0.3) is 28.0 Å². The van der Waals surface area contributed by atoms with Crippen LogP contribution in [0.4, 0.5) is 5.69 Å². The van der Waals surface area contributed by atoms with Crippen LogP contribution < -0.4 is 11.2 Å². The van der Waals surface area contributed by atoms with Crippen molar-refractivity contribution in [3.63, 3.8) is 0 Å². The summed E-state index contributed by atoms with van der Waals surface area (Å²) in [7, 11) is 0. The lowest BCUT2D eigenvalue weighted by Crippen LogP contribution is -2.36. The zero-order valence-electron chi connectivity index (χ0n) is 17.3. The van der Waals surface area contributed by atoms with Gasteiger partial charge in [0, 0.05) is 19.2 Å². The second kappa shape index (κ2) is 9.11. The summed E-state index contributed by atoms with van der Waals surface area (Å²) in [5, 5.41) is 20.9. The second-order valence-electron chi connectivity index (χ2n) is 7.51. The zero-order valence-corrected chi connectivity index (χ0v) is 17.3. The topological polar surface area (TPSA) is 120 Å². The molecule has 0 radical (unpaired) electrons. The number of aromatic nitrogens is 3. The average Bonchev–Trinajstić information content (AvgIpc) is 2.79. The number of nitrogens with zero attached hydrogens (tertiary/aromatic N) is 4. The molecule has 2 aliphatic rings. The number of aliphatic hydroxyl groups excluding tert-OH is 1. The van der Waals surface area contributed by atoms with Crippen LogP contribution in [-0.2, 0) is 6.54 Å². The number of aliphatic hydroxyl groups is 1. The molecular formula is C23H22N4O5. The van der Waals surface area contributed by atoms with Gasteiger partial charge < -0.3 is 9.67 Å². The zero-order chi connectivity index (χ0) is 22.7. The number of nitro benzene ring substituents is 1. The first-order valence-corrected chi connectivity index (χ1v) is 10.4. The highest BCUT2D eigenvalue weighted by Gasteiger charge is 2.23. The lowest BCUT2D eigenvalue weighted by molar-refractivity contribution is -0.383. The number of pyridine rings is 1. The van der Waals surface area contributed by atoms with Crippen LogP contribution in [0.15, 0.2) is 64.2 Å². The number of hydrogen-bond acceptors (Lipinski definition) is 6. The van der Waals surface area contributed by atoms with Crippen molar-refractivity contribution in [2.45, 2.75) is 32.2 Å². The number of hydrogen-bond donors (Lipinski definition) is 1. The first kappa shape index (κ1) is 21.4. The molecular weight excluding hydrogens is 412 g/mol. The Balaban J connectivity index is 1.98. The summed E-state index contributed by atoms with van der Waals surface area (Å²) in [6.45, 7) is 0.554. The summed E-state index contributed by atoms with van der Waals surface area (Å²) in [6, 6.07) is 14.6. The van der Waals surface area contributed by atoms with E-state index >= 15 is 0 Å². The van der Waals surface area contributed by atoms with Crippen LogP contribution in [0.5, 0.6) is 0 Å². The Morgan fingerprint density at radius 2 is 1.72 bits per heavy atom. The van der Waals surface area contributed by atoms with E-state index in [0.717, 1.165) is 17.4 Å². The molecule has 0 saturated carbocycles. The lowest BCUT2D eigenvalue weighted by atomic mass is 10.1. The molecule has 2 heterocycles. The number of nitro groups is 1. The predicted octanol–water partition coefficient (Wildman–Crippen LogP) is 3.11. The van der Waals surface area contributed by atoms with E-state index in [-0.39, 0.29) is 23.7 Å². The number of fused-ring (bicyclic) bond motifs is 2. The van der Waals surface area contributed by atoms with E-state index in [1.54, 1.807) is 47.0 Å². The van der Waals surface area contributed by atoms with Gasteiger partial charge in [-0.3, -0.25) is 14.9 Å². The van der Waals surface area contributed by atoms with E-state index in [9.17, 15) is 19.7 Å². The smallest absolute Gasteiger partial charge is 0.357 e. The molecule has 32 heavy (non-hydrogen) atoms. The Hall–Kier alpha value is -3.85. The summed E-state index contributed by atoms with van der Waals surface area (Å²) in [4.78, 5) is 41.6. The highest BCUT2D eigenvalue weighted by molar-refractivity contribution is 5.92. The molecule has 9 nitrogen and oxygen atoms in total. The molecule has 0 fully saturated rings. The number of benzene rings is 2. The van der Waals surface area contributed by atoms with Gasteiger partial charge in [0.15, 0.2) is 5.82 Å². The summed E-state index contributed by atoms with van der Waals surface area (Å²) < 4.78 is 2.70. The Kier molecular flexibility index (Phi) is 6.09. The van der Waals surface area contributed by atoms with Crippen molar-refractivity contribution in [1.82, 2.24) is 14.1 Å². The number of non-ortho nitro benzene ring substituents is 1. The van der Waals surface area contributed by atoms with Gasteiger partial charge >= 0.3 is 5.69 Å². The maximum absolute atomic E-state index is 13.4. The van der Waals surface area contributed by atoms with Crippen LogP contribution >= 0.6 is 0 Å². The Labute approximate surface area is 182 Å². The Morgan fingerprint density at radius 1 is 0.969 bits per heavy atom. The predicted molar refractivity (Wildman–Crippen MR) is 120 cm³/mol. The van der Waals surface area contributed by atoms with E-state index in [1.165, 1.54) is 12.1 Å².